The molecule has 0 bridgehead atoms. The van der Waals surface area contributed by atoms with Crippen LogP contribution in [0.5, 0.6) is 0 Å². The highest BCUT2D eigenvalue weighted by molar-refractivity contribution is 7.09. The summed E-state index contributed by atoms with van der Waals surface area (Å²) in [6.07, 6.45) is 0.278. The zero-order chi connectivity index (χ0) is 14.0. The van der Waals surface area contributed by atoms with Gasteiger partial charge in [0.15, 0.2) is 0 Å². The van der Waals surface area contributed by atoms with Gasteiger partial charge in [-0.05, 0) is 6.92 Å². The summed E-state index contributed by atoms with van der Waals surface area (Å²) in [5, 5.41) is 11.9. The summed E-state index contributed by atoms with van der Waals surface area (Å²) in [7, 11) is 1.53. The van der Waals surface area contributed by atoms with Crippen LogP contribution in [0.1, 0.15) is 17.1 Å². The number of carbonyl (C=O) groups is 2. The van der Waals surface area contributed by atoms with Crippen molar-refractivity contribution < 1.29 is 19.4 Å². The number of carboxylic acid groups (broad SMARTS) is 1. The third kappa shape index (κ3) is 3.10. The number of ether oxygens (including phenoxy) is 1. The molecule has 1 amide bonds. The predicted molar refractivity (Wildman–Crippen MR) is 69.1 cm³/mol. The van der Waals surface area contributed by atoms with Gasteiger partial charge in [0, 0.05) is 25.5 Å². The normalized spacial score (nSPS) is 22.7. The standard InChI is InChI=1S/C12H16N2O4S/c1-7-13-8(6-19-7)3-11(15)14-5-9(18-2)4-10(14)12(16)17/h6,9-10H,3-5H2,1-2H3,(H,16,17). The summed E-state index contributed by atoms with van der Waals surface area (Å²) in [6.45, 7) is 2.20. The third-order valence-corrected chi connectivity index (χ3v) is 4.02. The van der Waals surface area contributed by atoms with Gasteiger partial charge in [0.05, 0.1) is 23.2 Å². The smallest absolute Gasteiger partial charge is 0.326 e. The van der Waals surface area contributed by atoms with Gasteiger partial charge in [-0.15, -0.1) is 11.3 Å². The molecule has 1 aliphatic heterocycles. The van der Waals surface area contributed by atoms with E-state index >= 15 is 0 Å². The molecule has 1 fully saturated rings. The number of nitrogens with zero attached hydrogens (tertiary/aromatic N) is 2. The lowest BCUT2D eigenvalue weighted by Crippen LogP contribution is -2.41. The van der Waals surface area contributed by atoms with Crippen LogP contribution in [0.2, 0.25) is 0 Å². The second kappa shape index (κ2) is 5.66. The van der Waals surface area contributed by atoms with Gasteiger partial charge < -0.3 is 14.7 Å². The first-order valence-electron chi connectivity index (χ1n) is 5.97. The molecule has 6 nitrogen and oxygen atoms in total. The first-order chi connectivity index (χ1) is 9.01. The zero-order valence-corrected chi connectivity index (χ0v) is 11.6. The molecular weight excluding hydrogens is 268 g/mol. The molecule has 19 heavy (non-hydrogen) atoms. The molecule has 0 aliphatic carbocycles. The van der Waals surface area contributed by atoms with E-state index < -0.39 is 12.0 Å². The molecule has 1 aromatic heterocycles. The number of rotatable bonds is 4. The summed E-state index contributed by atoms with van der Waals surface area (Å²) < 4.78 is 5.16. The Bertz CT molecular complexity index is 488. The predicted octanol–water partition coefficient (Wildman–Crippen LogP) is 0.695. The van der Waals surface area contributed by atoms with E-state index in [1.165, 1.54) is 23.3 Å². The highest BCUT2D eigenvalue weighted by Crippen LogP contribution is 2.21. The van der Waals surface area contributed by atoms with E-state index in [0.29, 0.717) is 18.7 Å². The van der Waals surface area contributed by atoms with Crippen molar-refractivity contribution in [2.24, 2.45) is 0 Å². The summed E-state index contributed by atoms with van der Waals surface area (Å²) in [5.41, 5.74) is 0.692. The molecule has 1 N–H and O–H groups in total. The first kappa shape index (κ1) is 14.0. The van der Waals surface area contributed by atoms with Crippen molar-refractivity contribution in [1.29, 1.82) is 0 Å². The molecule has 0 saturated carbocycles. The average Bonchev–Trinajstić information content (AvgIpc) is 2.95. The van der Waals surface area contributed by atoms with Crippen molar-refractivity contribution in [2.75, 3.05) is 13.7 Å². The number of hydrogen-bond donors (Lipinski definition) is 1. The molecule has 0 spiro atoms. The third-order valence-electron chi connectivity index (χ3n) is 3.20. The maximum atomic E-state index is 12.2. The monoisotopic (exact) mass is 284 g/mol. The fourth-order valence-corrected chi connectivity index (χ4v) is 2.84. The van der Waals surface area contributed by atoms with Gasteiger partial charge in [0.25, 0.3) is 0 Å². The molecule has 2 rings (SSSR count). The minimum absolute atomic E-state index is 0.143. The van der Waals surface area contributed by atoms with Gasteiger partial charge in [0.1, 0.15) is 6.04 Å². The number of aryl methyl sites for hydroxylation is 1. The highest BCUT2D eigenvalue weighted by atomic mass is 32.1. The molecule has 0 aromatic carbocycles. The lowest BCUT2D eigenvalue weighted by atomic mass is 10.2. The van der Waals surface area contributed by atoms with Crippen molar-refractivity contribution in [3.63, 3.8) is 0 Å². The van der Waals surface area contributed by atoms with Crippen molar-refractivity contribution >= 4 is 23.2 Å². The Morgan fingerprint density at radius 3 is 2.89 bits per heavy atom. The number of likely N-dealkylation sites (tertiary alicyclic amines) is 1. The molecule has 2 atom stereocenters. The number of amides is 1. The van der Waals surface area contributed by atoms with Crippen LogP contribution in [0.15, 0.2) is 5.38 Å². The Hall–Kier alpha value is -1.47. The number of aromatic nitrogens is 1. The number of methoxy groups -OCH3 is 1. The Morgan fingerprint density at radius 1 is 1.63 bits per heavy atom. The van der Waals surface area contributed by atoms with Crippen LogP contribution >= 0.6 is 11.3 Å². The topological polar surface area (TPSA) is 79.7 Å². The van der Waals surface area contributed by atoms with E-state index in [1.54, 1.807) is 0 Å². The van der Waals surface area contributed by atoms with Crippen LogP contribution in [0.25, 0.3) is 0 Å². The van der Waals surface area contributed by atoms with Gasteiger partial charge in [-0.3, -0.25) is 4.79 Å². The number of thiazole rings is 1. The number of carbonyl (C=O) groups excluding carboxylic acids is 1. The molecule has 0 radical (unpaired) electrons. The average molecular weight is 284 g/mol. The molecule has 2 heterocycles. The van der Waals surface area contributed by atoms with E-state index in [2.05, 4.69) is 4.98 Å². The van der Waals surface area contributed by atoms with Gasteiger partial charge >= 0.3 is 5.97 Å². The molecule has 7 heteroatoms. The largest absolute Gasteiger partial charge is 0.480 e. The fourth-order valence-electron chi connectivity index (χ4n) is 2.22. The summed E-state index contributed by atoms with van der Waals surface area (Å²) in [4.78, 5) is 28.9. The lowest BCUT2D eigenvalue weighted by molar-refractivity contribution is -0.148. The van der Waals surface area contributed by atoms with Crippen LogP contribution in [0, 0.1) is 6.92 Å². The lowest BCUT2D eigenvalue weighted by Gasteiger charge is -2.20. The summed E-state index contributed by atoms with van der Waals surface area (Å²) in [6, 6.07) is -0.794. The van der Waals surface area contributed by atoms with E-state index in [4.69, 9.17) is 9.84 Å². The van der Waals surface area contributed by atoms with Crippen molar-refractivity contribution in [1.82, 2.24) is 9.88 Å². The molecular formula is C12H16N2O4S. The Labute approximate surface area is 115 Å². The minimum atomic E-state index is -0.984. The van der Waals surface area contributed by atoms with Crippen LogP contribution < -0.4 is 0 Å². The van der Waals surface area contributed by atoms with Crippen LogP contribution in [-0.4, -0.2) is 52.7 Å². The molecule has 1 aliphatic rings. The Morgan fingerprint density at radius 2 is 2.37 bits per heavy atom. The van der Waals surface area contributed by atoms with E-state index in [9.17, 15) is 9.59 Å². The summed E-state index contributed by atoms with van der Waals surface area (Å²) >= 11 is 1.48. The quantitative estimate of drug-likeness (QED) is 0.880. The molecule has 1 aromatic rings. The summed E-state index contributed by atoms with van der Waals surface area (Å²) in [5.74, 6) is -1.19. The van der Waals surface area contributed by atoms with E-state index in [1.807, 2.05) is 12.3 Å². The van der Waals surface area contributed by atoms with Crippen LogP contribution in [0.3, 0.4) is 0 Å². The minimum Gasteiger partial charge on any atom is -0.480 e. The fraction of sp³-hybridized carbons (Fsp3) is 0.583. The maximum Gasteiger partial charge on any atom is 0.326 e. The van der Waals surface area contributed by atoms with E-state index in [-0.39, 0.29) is 18.4 Å². The molecule has 104 valence electrons. The van der Waals surface area contributed by atoms with Crippen molar-refractivity contribution in [2.45, 2.75) is 31.9 Å². The molecule has 2 unspecified atom stereocenters. The van der Waals surface area contributed by atoms with Crippen molar-refractivity contribution in [3.8, 4) is 0 Å². The van der Waals surface area contributed by atoms with Gasteiger partial charge in [-0.2, -0.15) is 0 Å². The Kier molecular flexibility index (Phi) is 4.16. The Balaban J connectivity index is 2.06. The van der Waals surface area contributed by atoms with Crippen LogP contribution in [-0.2, 0) is 20.7 Å². The maximum absolute atomic E-state index is 12.2. The second-order valence-electron chi connectivity index (χ2n) is 4.53. The van der Waals surface area contributed by atoms with Crippen LogP contribution in [0.4, 0.5) is 0 Å². The number of carboxylic acids is 1. The number of hydrogen-bond acceptors (Lipinski definition) is 5. The number of aliphatic carboxylic acids is 1. The zero-order valence-electron chi connectivity index (χ0n) is 10.8. The SMILES string of the molecule is COC1CC(C(=O)O)N(C(=O)Cc2csc(C)n2)C1. The molecule has 1 saturated heterocycles. The first-order valence-corrected chi connectivity index (χ1v) is 6.85. The van der Waals surface area contributed by atoms with Gasteiger partial charge in [-0.25, -0.2) is 9.78 Å². The van der Waals surface area contributed by atoms with Gasteiger partial charge in [0.2, 0.25) is 5.91 Å². The highest BCUT2D eigenvalue weighted by Gasteiger charge is 2.39. The van der Waals surface area contributed by atoms with Crippen molar-refractivity contribution in [3.05, 3.63) is 16.1 Å². The van der Waals surface area contributed by atoms with E-state index in [0.717, 1.165) is 5.01 Å². The second-order valence-corrected chi connectivity index (χ2v) is 5.59. The van der Waals surface area contributed by atoms with Gasteiger partial charge in [-0.1, -0.05) is 0 Å².